The molecule has 1 heterocycles. The minimum atomic E-state index is -0.402. The third-order valence-electron chi connectivity index (χ3n) is 4.34. The number of hydrogen-bond donors (Lipinski definition) is 0. The summed E-state index contributed by atoms with van der Waals surface area (Å²) < 4.78 is 18.5. The van der Waals surface area contributed by atoms with E-state index >= 15 is 0 Å². The summed E-state index contributed by atoms with van der Waals surface area (Å²) in [6.45, 7) is 1.84. The molecule has 0 N–H and O–H groups in total. The van der Waals surface area contributed by atoms with Crippen molar-refractivity contribution in [2.75, 3.05) is 32.8 Å². The molecule has 1 aliphatic heterocycles. The number of ether oxygens (including phenoxy) is 1. The van der Waals surface area contributed by atoms with Crippen LogP contribution in [0.15, 0.2) is 54.6 Å². The molecular weight excluding hydrogens is 335 g/mol. The highest BCUT2D eigenvalue weighted by molar-refractivity contribution is 5.80. The molecule has 5 nitrogen and oxygen atoms in total. The topological polar surface area (TPSA) is 49.9 Å². The zero-order valence-corrected chi connectivity index (χ0v) is 14.4. The molecule has 0 spiro atoms. The molecule has 0 saturated carbocycles. The van der Waals surface area contributed by atoms with Crippen molar-refractivity contribution >= 4 is 11.8 Å². The summed E-state index contributed by atoms with van der Waals surface area (Å²) in [5.74, 6) is -0.167. The van der Waals surface area contributed by atoms with Crippen LogP contribution in [0.4, 0.5) is 4.39 Å². The van der Waals surface area contributed by atoms with Crippen LogP contribution in [0.2, 0.25) is 0 Å². The lowest BCUT2D eigenvalue weighted by Crippen LogP contribution is -2.52. The third-order valence-corrected chi connectivity index (χ3v) is 4.34. The zero-order chi connectivity index (χ0) is 18.4. The summed E-state index contributed by atoms with van der Waals surface area (Å²) in [5, 5.41) is 0. The van der Waals surface area contributed by atoms with E-state index in [-0.39, 0.29) is 18.4 Å². The molecule has 1 fully saturated rings. The van der Waals surface area contributed by atoms with Crippen molar-refractivity contribution in [3.63, 3.8) is 0 Å². The fourth-order valence-corrected chi connectivity index (χ4v) is 2.88. The smallest absolute Gasteiger partial charge is 0.260 e. The Labute approximate surface area is 152 Å². The van der Waals surface area contributed by atoms with Crippen molar-refractivity contribution in [2.45, 2.75) is 6.42 Å². The molecule has 6 heteroatoms. The van der Waals surface area contributed by atoms with Gasteiger partial charge in [0.25, 0.3) is 5.91 Å². The van der Waals surface area contributed by atoms with Crippen LogP contribution in [0.3, 0.4) is 0 Å². The number of rotatable bonds is 5. The number of hydrogen-bond acceptors (Lipinski definition) is 3. The summed E-state index contributed by atoms with van der Waals surface area (Å²) in [6.07, 6.45) is 0.372. The molecule has 1 saturated heterocycles. The zero-order valence-electron chi connectivity index (χ0n) is 14.4. The van der Waals surface area contributed by atoms with Crippen molar-refractivity contribution in [1.82, 2.24) is 9.80 Å². The predicted octanol–water partition coefficient (Wildman–Crippen LogP) is 2.12. The Hall–Kier alpha value is -2.89. The van der Waals surface area contributed by atoms with E-state index in [9.17, 15) is 14.0 Å². The highest BCUT2D eigenvalue weighted by Gasteiger charge is 2.24. The maximum absolute atomic E-state index is 13.1. The van der Waals surface area contributed by atoms with Gasteiger partial charge < -0.3 is 14.5 Å². The average Bonchev–Trinajstić information content (AvgIpc) is 2.67. The molecule has 1 aliphatic rings. The standard InChI is InChI=1S/C20H21FN2O3/c21-17-7-4-8-18(14-17)26-15-20(25)23-11-9-22(10-12-23)19(24)13-16-5-2-1-3-6-16/h1-8,14H,9-13,15H2. The molecule has 0 unspecified atom stereocenters. The lowest BCUT2D eigenvalue weighted by molar-refractivity contribution is -0.140. The Bertz CT molecular complexity index is 759. The molecule has 0 radical (unpaired) electrons. The number of piperazine rings is 1. The lowest BCUT2D eigenvalue weighted by atomic mass is 10.1. The number of benzene rings is 2. The molecule has 2 amide bonds. The fraction of sp³-hybridized carbons (Fsp3) is 0.300. The van der Waals surface area contributed by atoms with E-state index in [1.165, 1.54) is 18.2 Å². The molecule has 2 aromatic carbocycles. The van der Waals surface area contributed by atoms with E-state index in [4.69, 9.17) is 4.74 Å². The molecule has 0 bridgehead atoms. The van der Waals surface area contributed by atoms with Crippen LogP contribution in [0.5, 0.6) is 5.75 Å². The monoisotopic (exact) mass is 356 g/mol. The maximum atomic E-state index is 13.1. The minimum absolute atomic E-state index is 0.0688. The first-order chi connectivity index (χ1) is 12.6. The molecule has 0 aliphatic carbocycles. The molecule has 2 aromatic rings. The highest BCUT2D eigenvalue weighted by atomic mass is 19.1. The van der Waals surface area contributed by atoms with Crippen molar-refractivity contribution < 1.29 is 18.7 Å². The van der Waals surface area contributed by atoms with Gasteiger partial charge in [-0.15, -0.1) is 0 Å². The average molecular weight is 356 g/mol. The molecule has 26 heavy (non-hydrogen) atoms. The van der Waals surface area contributed by atoms with Crippen molar-refractivity contribution in [1.29, 1.82) is 0 Å². The van der Waals surface area contributed by atoms with Gasteiger partial charge in [0.15, 0.2) is 6.61 Å². The second-order valence-electron chi connectivity index (χ2n) is 6.17. The summed E-state index contributed by atoms with van der Waals surface area (Å²) in [4.78, 5) is 28.0. The van der Waals surface area contributed by atoms with Crippen LogP contribution in [-0.2, 0) is 16.0 Å². The quantitative estimate of drug-likeness (QED) is 0.825. The van der Waals surface area contributed by atoms with Crippen molar-refractivity contribution in [2.24, 2.45) is 0 Å². The Morgan fingerprint density at radius 1 is 0.885 bits per heavy atom. The SMILES string of the molecule is O=C(COc1cccc(F)c1)N1CCN(C(=O)Cc2ccccc2)CC1. The predicted molar refractivity (Wildman–Crippen MR) is 95.2 cm³/mol. The van der Waals surface area contributed by atoms with Crippen LogP contribution in [0.1, 0.15) is 5.56 Å². The third kappa shape index (κ3) is 4.81. The van der Waals surface area contributed by atoms with Crippen molar-refractivity contribution in [3.8, 4) is 5.75 Å². The highest BCUT2D eigenvalue weighted by Crippen LogP contribution is 2.12. The van der Waals surface area contributed by atoms with Crippen LogP contribution >= 0.6 is 0 Å². The van der Waals surface area contributed by atoms with E-state index in [0.29, 0.717) is 38.3 Å². The normalized spacial score (nSPS) is 14.2. The Balaban J connectivity index is 1.44. The molecule has 136 valence electrons. The van der Waals surface area contributed by atoms with Gasteiger partial charge in [0.05, 0.1) is 6.42 Å². The second-order valence-corrected chi connectivity index (χ2v) is 6.17. The summed E-state index contributed by atoms with van der Waals surface area (Å²) in [7, 11) is 0. The summed E-state index contributed by atoms with van der Waals surface area (Å²) in [6, 6.07) is 15.3. The van der Waals surface area contributed by atoms with Gasteiger partial charge in [-0.2, -0.15) is 0 Å². The van der Waals surface area contributed by atoms with E-state index < -0.39 is 5.82 Å². The first-order valence-corrected chi connectivity index (χ1v) is 8.59. The van der Waals surface area contributed by atoms with Gasteiger partial charge in [-0.05, 0) is 17.7 Å². The van der Waals surface area contributed by atoms with Crippen LogP contribution in [-0.4, -0.2) is 54.4 Å². The van der Waals surface area contributed by atoms with E-state index in [0.717, 1.165) is 5.56 Å². The van der Waals surface area contributed by atoms with Crippen LogP contribution < -0.4 is 4.74 Å². The minimum Gasteiger partial charge on any atom is -0.484 e. The Kier molecular flexibility index (Phi) is 5.84. The summed E-state index contributed by atoms with van der Waals surface area (Å²) >= 11 is 0. The largest absolute Gasteiger partial charge is 0.484 e. The first kappa shape index (κ1) is 17.9. The number of carbonyl (C=O) groups is 2. The Morgan fingerprint density at radius 3 is 2.19 bits per heavy atom. The van der Waals surface area contributed by atoms with E-state index in [2.05, 4.69) is 0 Å². The number of nitrogens with zero attached hydrogens (tertiary/aromatic N) is 2. The van der Waals surface area contributed by atoms with E-state index in [1.54, 1.807) is 15.9 Å². The molecule has 3 rings (SSSR count). The number of carbonyl (C=O) groups excluding carboxylic acids is 2. The fourth-order valence-electron chi connectivity index (χ4n) is 2.88. The van der Waals surface area contributed by atoms with Gasteiger partial charge in [0.2, 0.25) is 5.91 Å². The van der Waals surface area contributed by atoms with Crippen LogP contribution in [0, 0.1) is 5.82 Å². The van der Waals surface area contributed by atoms with Crippen LogP contribution in [0.25, 0.3) is 0 Å². The molecular formula is C20H21FN2O3. The number of amides is 2. The first-order valence-electron chi connectivity index (χ1n) is 8.59. The van der Waals surface area contributed by atoms with Gasteiger partial charge in [0, 0.05) is 32.2 Å². The van der Waals surface area contributed by atoms with Crippen molar-refractivity contribution in [3.05, 3.63) is 66.0 Å². The second kappa shape index (κ2) is 8.47. The number of halogens is 1. The van der Waals surface area contributed by atoms with Gasteiger partial charge >= 0.3 is 0 Å². The summed E-state index contributed by atoms with van der Waals surface area (Å²) in [5.41, 5.74) is 0.986. The van der Waals surface area contributed by atoms with Gasteiger partial charge in [0.1, 0.15) is 11.6 Å². The Morgan fingerprint density at radius 2 is 1.54 bits per heavy atom. The van der Waals surface area contributed by atoms with E-state index in [1.807, 2.05) is 30.3 Å². The van der Waals surface area contributed by atoms with Gasteiger partial charge in [-0.3, -0.25) is 9.59 Å². The van der Waals surface area contributed by atoms with Gasteiger partial charge in [-0.25, -0.2) is 4.39 Å². The lowest BCUT2D eigenvalue weighted by Gasteiger charge is -2.34. The maximum Gasteiger partial charge on any atom is 0.260 e. The molecule has 0 aromatic heterocycles. The van der Waals surface area contributed by atoms with Gasteiger partial charge in [-0.1, -0.05) is 36.4 Å². The molecule has 0 atom stereocenters.